The summed E-state index contributed by atoms with van der Waals surface area (Å²) in [6.45, 7) is 1.68. The highest BCUT2D eigenvalue weighted by molar-refractivity contribution is 7.89. The van der Waals surface area contributed by atoms with E-state index in [9.17, 15) is 13.2 Å². The lowest BCUT2D eigenvalue weighted by atomic mass is 10.2. The van der Waals surface area contributed by atoms with Gasteiger partial charge in [-0.15, -0.1) is 0 Å². The van der Waals surface area contributed by atoms with Crippen molar-refractivity contribution in [2.45, 2.75) is 11.8 Å². The minimum absolute atomic E-state index is 0.104. The molecule has 0 bridgehead atoms. The van der Waals surface area contributed by atoms with E-state index in [0.717, 1.165) is 0 Å². The van der Waals surface area contributed by atoms with Crippen LogP contribution in [0, 0.1) is 6.92 Å². The number of carbonyl (C=O) groups is 1. The fourth-order valence-electron chi connectivity index (χ4n) is 1.92. The molecule has 0 radical (unpaired) electrons. The third-order valence-corrected chi connectivity index (χ3v) is 5.48. The number of sulfonamides is 1. The van der Waals surface area contributed by atoms with E-state index >= 15 is 0 Å². The Labute approximate surface area is 144 Å². The maximum Gasteiger partial charge on any atom is 0.255 e. The van der Waals surface area contributed by atoms with Crippen LogP contribution in [0.25, 0.3) is 0 Å². The van der Waals surface area contributed by atoms with Crippen LogP contribution in [0.3, 0.4) is 0 Å². The molecule has 0 heterocycles. The summed E-state index contributed by atoms with van der Waals surface area (Å²) >= 11 is 11.7. The van der Waals surface area contributed by atoms with Gasteiger partial charge in [0.2, 0.25) is 10.0 Å². The summed E-state index contributed by atoms with van der Waals surface area (Å²) in [5.41, 5.74) is 1.25. The van der Waals surface area contributed by atoms with Crippen LogP contribution in [0.15, 0.2) is 41.3 Å². The molecule has 0 aliphatic rings. The largest absolute Gasteiger partial charge is 0.322 e. The first-order chi connectivity index (χ1) is 10.7. The van der Waals surface area contributed by atoms with Crippen molar-refractivity contribution >= 4 is 44.8 Å². The maximum absolute atomic E-state index is 12.2. The van der Waals surface area contributed by atoms with Crippen LogP contribution in [-0.4, -0.2) is 21.4 Å². The van der Waals surface area contributed by atoms with Crippen molar-refractivity contribution in [1.82, 2.24) is 4.72 Å². The number of hydrogen-bond donors (Lipinski definition) is 2. The molecule has 1 amide bonds. The molecule has 0 saturated carbocycles. The van der Waals surface area contributed by atoms with Crippen LogP contribution in [0.2, 0.25) is 10.0 Å². The highest BCUT2D eigenvalue weighted by Crippen LogP contribution is 2.24. The van der Waals surface area contributed by atoms with Gasteiger partial charge in [-0.2, -0.15) is 0 Å². The van der Waals surface area contributed by atoms with Gasteiger partial charge >= 0.3 is 0 Å². The second-order valence-electron chi connectivity index (χ2n) is 4.77. The zero-order valence-corrected chi connectivity index (χ0v) is 14.7. The van der Waals surface area contributed by atoms with Gasteiger partial charge in [0.15, 0.2) is 0 Å². The van der Waals surface area contributed by atoms with Crippen LogP contribution in [0.1, 0.15) is 15.9 Å². The second-order valence-corrected chi connectivity index (χ2v) is 7.44. The summed E-state index contributed by atoms with van der Waals surface area (Å²) in [4.78, 5) is 12.3. The molecule has 0 fully saturated rings. The van der Waals surface area contributed by atoms with Gasteiger partial charge in [0, 0.05) is 11.3 Å². The monoisotopic (exact) mass is 372 g/mol. The molecule has 0 unspecified atom stereocenters. The summed E-state index contributed by atoms with van der Waals surface area (Å²) in [5.74, 6) is -0.416. The number of aryl methyl sites for hydroxylation is 1. The molecule has 0 spiro atoms. The van der Waals surface area contributed by atoms with E-state index in [4.69, 9.17) is 23.2 Å². The van der Waals surface area contributed by atoms with Crippen molar-refractivity contribution in [2.24, 2.45) is 0 Å². The van der Waals surface area contributed by atoms with Crippen molar-refractivity contribution in [1.29, 1.82) is 0 Å². The predicted molar refractivity (Wildman–Crippen MR) is 91.8 cm³/mol. The van der Waals surface area contributed by atoms with Crippen molar-refractivity contribution in [3.8, 4) is 0 Å². The Morgan fingerprint density at radius 3 is 2.35 bits per heavy atom. The molecular weight excluding hydrogens is 359 g/mol. The van der Waals surface area contributed by atoms with E-state index in [-0.39, 0.29) is 9.92 Å². The summed E-state index contributed by atoms with van der Waals surface area (Å²) in [6.07, 6.45) is 0. The minimum Gasteiger partial charge on any atom is -0.322 e. The second kappa shape index (κ2) is 6.88. The van der Waals surface area contributed by atoms with Gasteiger partial charge in [0.1, 0.15) is 0 Å². The third-order valence-electron chi connectivity index (χ3n) is 3.19. The van der Waals surface area contributed by atoms with Crippen molar-refractivity contribution in [3.05, 3.63) is 57.6 Å². The summed E-state index contributed by atoms with van der Waals surface area (Å²) in [6, 6.07) is 9.14. The first-order valence-corrected chi connectivity index (χ1v) is 8.79. The zero-order valence-electron chi connectivity index (χ0n) is 12.4. The molecule has 2 aromatic rings. The molecule has 5 nitrogen and oxygen atoms in total. The Morgan fingerprint density at radius 2 is 1.74 bits per heavy atom. The highest BCUT2D eigenvalue weighted by Gasteiger charge is 2.16. The smallest absolute Gasteiger partial charge is 0.255 e. The van der Waals surface area contributed by atoms with Gasteiger partial charge in [0.05, 0.1) is 14.9 Å². The molecule has 0 atom stereocenters. The normalized spacial score (nSPS) is 11.3. The fourth-order valence-corrected chi connectivity index (χ4v) is 3.21. The van der Waals surface area contributed by atoms with Gasteiger partial charge in [-0.1, -0.05) is 29.3 Å². The summed E-state index contributed by atoms with van der Waals surface area (Å²) in [7, 11) is -2.27. The standard InChI is InChI=1S/C15H14Cl2N2O3S/c1-9-3-5-11(8-14(9)23(21,22)18-2)19-15(20)10-4-6-12(16)13(17)7-10/h3-8,18H,1-2H3,(H,19,20). The molecule has 23 heavy (non-hydrogen) atoms. The van der Waals surface area contributed by atoms with Gasteiger partial charge in [-0.25, -0.2) is 13.1 Å². The zero-order chi connectivity index (χ0) is 17.2. The Kier molecular flexibility index (Phi) is 5.31. The molecular formula is C15H14Cl2N2O3S. The van der Waals surface area contributed by atoms with Gasteiger partial charge < -0.3 is 5.32 Å². The van der Waals surface area contributed by atoms with E-state index in [2.05, 4.69) is 10.0 Å². The highest BCUT2D eigenvalue weighted by atomic mass is 35.5. The maximum atomic E-state index is 12.2. The molecule has 0 aromatic heterocycles. The molecule has 2 N–H and O–H groups in total. The van der Waals surface area contributed by atoms with Crippen molar-refractivity contribution in [3.63, 3.8) is 0 Å². The first-order valence-electron chi connectivity index (χ1n) is 6.55. The van der Waals surface area contributed by atoms with E-state index in [1.54, 1.807) is 19.1 Å². The van der Waals surface area contributed by atoms with Gasteiger partial charge in [0.25, 0.3) is 5.91 Å². The Bertz CT molecular complexity index is 867. The number of carbonyl (C=O) groups excluding carboxylic acids is 1. The van der Waals surface area contributed by atoms with E-state index in [1.165, 1.54) is 31.3 Å². The predicted octanol–water partition coefficient (Wildman–Crippen LogP) is 3.46. The van der Waals surface area contributed by atoms with E-state index in [0.29, 0.717) is 21.8 Å². The molecule has 0 aliphatic heterocycles. The minimum atomic E-state index is -3.60. The number of benzene rings is 2. The number of halogens is 2. The van der Waals surface area contributed by atoms with Crippen LogP contribution in [0.4, 0.5) is 5.69 Å². The van der Waals surface area contributed by atoms with Crippen LogP contribution in [-0.2, 0) is 10.0 Å². The number of anilines is 1. The Balaban J connectivity index is 2.31. The Morgan fingerprint density at radius 1 is 1.04 bits per heavy atom. The average Bonchev–Trinajstić information content (AvgIpc) is 2.51. The van der Waals surface area contributed by atoms with Crippen molar-refractivity contribution < 1.29 is 13.2 Å². The SMILES string of the molecule is CNS(=O)(=O)c1cc(NC(=O)c2ccc(Cl)c(Cl)c2)ccc1C. The molecule has 2 rings (SSSR count). The van der Waals surface area contributed by atoms with E-state index < -0.39 is 15.9 Å². The lowest BCUT2D eigenvalue weighted by molar-refractivity contribution is 0.102. The number of rotatable bonds is 4. The fraction of sp³-hybridized carbons (Fsp3) is 0.133. The molecule has 0 aliphatic carbocycles. The summed E-state index contributed by atoms with van der Waals surface area (Å²) in [5, 5.41) is 3.25. The quantitative estimate of drug-likeness (QED) is 0.862. The van der Waals surface area contributed by atoms with Crippen LogP contribution < -0.4 is 10.0 Å². The average molecular weight is 373 g/mol. The van der Waals surface area contributed by atoms with E-state index in [1.807, 2.05) is 0 Å². The number of amides is 1. The first kappa shape index (κ1) is 17.7. The Hall–Kier alpha value is -1.60. The molecule has 0 saturated heterocycles. The number of hydrogen-bond acceptors (Lipinski definition) is 3. The molecule has 8 heteroatoms. The van der Waals surface area contributed by atoms with Gasteiger partial charge in [-0.3, -0.25) is 4.79 Å². The van der Waals surface area contributed by atoms with Crippen LogP contribution in [0.5, 0.6) is 0 Å². The molecule has 122 valence electrons. The third kappa shape index (κ3) is 4.03. The number of nitrogens with one attached hydrogen (secondary N) is 2. The molecule has 2 aromatic carbocycles. The topological polar surface area (TPSA) is 75.3 Å². The van der Waals surface area contributed by atoms with Gasteiger partial charge in [-0.05, 0) is 49.9 Å². The lowest BCUT2D eigenvalue weighted by Crippen LogP contribution is -2.20. The lowest BCUT2D eigenvalue weighted by Gasteiger charge is -2.10. The van der Waals surface area contributed by atoms with Crippen LogP contribution >= 0.6 is 23.2 Å². The summed E-state index contributed by atoms with van der Waals surface area (Å²) < 4.78 is 26.2. The van der Waals surface area contributed by atoms with Crippen molar-refractivity contribution in [2.75, 3.05) is 12.4 Å².